The molecule has 0 saturated carbocycles. The fraction of sp³-hybridized carbons (Fsp3) is 0.136. The van der Waals surface area contributed by atoms with Gasteiger partial charge in [0.15, 0.2) is 0 Å². The molecule has 0 spiro atoms. The van der Waals surface area contributed by atoms with Crippen LogP contribution in [0.3, 0.4) is 0 Å². The molecule has 3 rings (SSSR count). The van der Waals surface area contributed by atoms with Crippen LogP contribution in [0.1, 0.15) is 17.5 Å². The van der Waals surface area contributed by atoms with E-state index in [-0.39, 0.29) is 6.42 Å². The van der Waals surface area contributed by atoms with Gasteiger partial charge in [-0.1, -0.05) is 66.7 Å². The van der Waals surface area contributed by atoms with Crippen molar-refractivity contribution in [1.82, 2.24) is 0 Å². The maximum absolute atomic E-state index is 11.0. The molecule has 0 atom stereocenters. The minimum atomic E-state index is -0.806. The summed E-state index contributed by atoms with van der Waals surface area (Å²) in [5.41, 5.74) is 4.17. The van der Waals surface area contributed by atoms with E-state index in [1.807, 2.05) is 78.9 Å². The molecule has 126 valence electrons. The Morgan fingerprint density at radius 1 is 0.840 bits per heavy atom. The number of hydrogen-bond donors (Lipinski definition) is 1. The van der Waals surface area contributed by atoms with Crippen LogP contribution in [-0.4, -0.2) is 11.1 Å². The molecule has 3 aromatic carbocycles. The van der Waals surface area contributed by atoms with Crippen LogP contribution in [-0.2, 0) is 17.8 Å². The Morgan fingerprint density at radius 2 is 1.52 bits per heavy atom. The molecule has 0 aromatic heterocycles. The number of hydrogen-bond acceptors (Lipinski definition) is 2. The largest absolute Gasteiger partial charge is 0.489 e. The zero-order valence-electron chi connectivity index (χ0n) is 13.9. The summed E-state index contributed by atoms with van der Waals surface area (Å²) in [5.74, 6) is -0.0658. The van der Waals surface area contributed by atoms with E-state index in [1.165, 1.54) is 0 Å². The number of rotatable bonds is 7. The number of carboxylic acid groups (broad SMARTS) is 1. The lowest BCUT2D eigenvalue weighted by molar-refractivity contribution is -0.136. The van der Waals surface area contributed by atoms with E-state index < -0.39 is 5.97 Å². The van der Waals surface area contributed by atoms with Gasteiger partial charge in [0.1, 0.15) is 12.4 Å². The maximum atomic E-state index is 11.0. The molecule has 25 heavy (non-hydrogen) atoms. The Bertz CT molecular complexity index is 826. The number of carboxylic acids is 1. The van der Waals surface area contributed by atoms with E-state index in [2.05, 4.69) is 0 Å². The Hall–Kier alpha value is -3.07. The molecule has 0 radical (unpaired) electrons. The number of aryl methyl sites for hydroxylation is 1. The summed E-state index contributed by atoms with van der Waals surface area (Å²) >= 11 is 0. The molecule has 3 heteroatoms. The van der Waals surface area contributed by atoms with Gasteiger partial charge in [-0.25, -0.2) is 0 Å². The third kappa shape index (κ3) is 4.70. The van der Waals surface area contributed by atoms with Crippen molar-refractivity contribution in [3.8, 4) is 16.9 Å². The predicted molar refractivity (Wildman–Crippen MR) is 98.6 cm³/mol. The average Bonchev–Trinajstić information content (AvgIpc) is 2.66. The molecule has 0 aliphatic carbocycles. The Balaban J connectivity index is 1.84. The summed E-state index contributed by atoms with van der Waals surface area (Å²) in [6.45, 7) is 0.464. The van der Waals surface area contributed by atoms with E-state index in [0.29, 0.717) is 13.0 Å². The second-order valence-corrected chi connectivity index (χ2v) is 5.86. The van der Waals surface area contributed by atoms with E-state index in [0.717, 1.165) is 28.0 Å². The lowest BCUT2D eigenvalue weighted by atomic mass is 10.00. The average molecular weight is 332 g/mol. The van der Waals surface area contributed by atoms with Crippen LogP contribution in [0.4, 0.5) is 0 Å². The molecule has 0 saturated heterocycles. The first-order valence-electron chi connectivity index (χ1n) is 8.29. The third-order valence-electron chi connectivity index (χ3n) is 4.01. The first-order chi connectivity index (χ1) is 12.2. The summed E-state index contributed by atoms with van der Waals surface area (Å²) in [5, 5.41) is 9.02. The van der Waals surface area contributed by atoms with Crippen molar-refractivity contribution in [3.63, 3.8) is 0 Å². The molecule has 3 aromatic rings. The van der Waals surface area contributed by atoms with Crippen molar-refractivity contribution < 1.29 is 14.6 Å². The van der Waals surface area contributed by atoms with Gasteiger partial charge in [0.2, 0.25) is 0 Å². The molecule has 0 fully saturated rings. The van der Waals surface area contributed by atoms with Crippen LogP contribution in [0, 0.1) is 0 Å². The van der Waals surface area contributed by atoms with Crippen molar-refractivity contribution in [3.05, 3.63) is 90.0 Å². The molecule has 0 heterocycles. The number of aliphatic carboxylic acids is 1. The second kappa shape index (κ2) is 8.15. The van der Waals surface area contributed by atoms with Crippen LogP contribution >= 0.6 is 0 Å². The van der Waals surface area contributed by atoms with Gasteiger partial charge in [0, 0.05) is 6.42 Å². The quantitative estimate of drug-likeness (QED) is 0.666. The maximum Gasteiger partial charge on any atom is 0.303 e. The van der Waals surface area contributed by atoms with Gasteiger partial charge in [0.05, 0.1) is 0 Å². The highest BCUT2D eigenvalue weighted by molar-refractivity contribution is 5.69. The van der Waals surface area contributed by atoms with Gasteiger partial charge in [-0.15, -0.1) is 0 Å². The Morgan fingerprint density at radius 3 is 2.20 bits per heavy atom. The van der Waals surface area contributed by atoms with Gasteiger partial charge in [-0.2, -0.15) is 0 Å². The molecule has 0 unspecified atom stereocenters. The van der Waals surface area contributed by atoms with Gasteiger partial charge in [-0.05, 0) is 40.8 Å². The Kier molecular flexibility index (Phi) is 5.47. The zero-order valence-corrected chi connectivity index (χ0v) is 13.9. The van der Waals surface area contributed by atoms with Crippen molar-refractivity contribution in [1.29, 1.82) is 0 Å². The first kappa shape index (κ1) is 16.8. The standard InChI is InChI=1S/C22H20O3/c23-22(24)14-12-20-15-19(18-9-5-2-6-10-18)11-13-21(20)25-16-17-7-3-1-4-8-17/h1-11,13,15H,12,14,16H2,(H,23,24). The summed E-state index contributed by atoms with van der Waals surface area (Å²) in [6, 6.07) is 26.0. The van der Waals surface area contributed by atoms with Crippen LogP contribution in [0.15, 0.2) is 78.9 Å². The summed E-state index contributed by atoms with van der Waals surface area (Å²) in [6.07, 6.45) is 0.528. The fourth-order valence-corrected chi connectivity index (χ4v) is 2.70. The van der Waals surface area contributed by atoms with E-state index in [9.17, 15) is 4.79 Å². The highest BCUT2D eigenvalue weighted by Crippen LogP contribution is 2.28. The second-order valence-electron chi connectivity index (χ2n) is 5.86. The lowest BCUT2D eigenvalue weighted by Gasteiger charge is -2.13. The van der Waals surface area contributed by atoms with E-state index >= 15 is 0 Å². The lowest BCUT2D eigenvalue weighted by Crippen LogP contribution is -2.02. The van der Waals surface area contributed by atoms with Gasteiger partial charge >= 0.3 is 5.97 Å². The Labute approximate surface area is 147 Å². The van der Waals surface area contributed by atoms with Crippen molar-refractivity contribution in [2.45, 2.75) is 19.4 Å². The molecule has 0 aliphatic rings. The molecule has 0 aliphatic heterocycles. The van der Waals surface area contributed by atoms with Crippen molar-refractivity contribution in [2.75, 3.05) is 0 Å². The highest BCUT2D eigenvalue weighted by Gasteiger charge is 2.09. The van der Waals surface area contributed by atoms with E-state index in [4.69, 9.17) is 9.84 Å². The number of carbonyl (C=O) groups is 1. The normalized spacial score (nSPS) is 10.4. The number of benzene rings is 3. The first-order valence-corrected chi connectivity index (χ1v) is 8.29. The summed E-state index contributed by atoms with van der Waals surface area (Å²) in [7, 11) is 0. The minimum Gasteiger partial charge on any atom is -0.489 e. The molecule has 3 nitrogen and oxygen atoms in total. The molecule has 0 amide bonds. The molecular weight excluding hydrogens is 312 g/mol. The van der Waals surface area contributed by atoms with Crippen LogP contribution in [0.25, 0.3) is 11.1 Å². The highest BCUT2D eigenvalue weighted by atomic mass is 16.5. The third-order valence-corrected chi connectivity index (χ3v) is 4.01. The van der Waals surface area contributed by atoms with Crippen LogP contribution in [0.2, 0.25) is 0 Å². The van der Waals surface area contributed by atoms with Crippen molar-refractivity contribution in [2.24, 2.45) is 0 Å². The molecule has 1 N–H and O–H groups in total. The summed E-state index contributed by atoms with van der Waals surface area (Å²) < 4.78 is 5.95. The molecule has 0 bridgehead atoms. The SMILES string of the molecule is O=C(O)CCc1cc(-c2ccccc2)ccc1OCc1ccccc1. The smallest absolute Gasteiger partial charge is 0.303 e. The van der Waals surface area contributed by atoms with Crippen molar-refractivity contribution >= 4 is 5.97 Å². The molecular formula is C22H20O3. The van der Waals surface area contributed by atoms with E-state index in [1.54, 1.807) is 0 Å². The summed E-state index contributed by atoms with van der Waals surface area (Å²) in [4.78, 5) is 11.0. The monoisotopic (exact) mass is 332 g/mol. The van der Waals surface area contributed by atoms with Crippen LogP contribution < -0.4 is 4.74 Å². The predicted octanol–water partition coefficient (Wildman–Crippen LogP) is 4.95. The van der Waals surface area contributed by atoms with Gasteiger partial charge < -0.3 is 9.84 Å². The topological polar surface area (TPSA) is 46.5 Å². The zero-order chi connectivity index (χ0) is 17.5. The van der Waals surface area contributed by atoms with Crippen LogP contribution in [0.5, 0.6) is 5.75 Å². The number of ether oxygens (including phenoxy) is 1. The van der Waals surface area contributed by atoms with Gasteiger partial charge in [0.25, 0.3) is 0 Å². The van der Waals surface area contributed by atoms with Gasteiger partial charge in [-0.3, -0.25) is 4.79 Å². The fourth-order valence-electron chi connectivity index (χ4n) is 2.70. The minimum absolute atomic E-state index is 0.0833.